The first-order chi connectivity index (χ1) is 9.44. The van der Waals surface area contributed by atoms with Gasteiger partial charge in [-0.1, -0.05) is 23.7 Å². The van der Waals surface area contributed by atoms with E-state index < -0.39 is 10.0 Å². The third-order valence-electron chi connectivity index (χ3n) is 2.56. The molecule has 2 aromatic carbocycles. The Morgan fingerprint density at radius 3 is 2.50 bits per heavy atom. The fourth-order valence-electron chi connectivity index (χ4n) is 1.63. The van der Waals surface area contributed by atoms with Crippen molar-refractivity contribution in [1.82, 2.24) is 0 Å². The van der Waals surface area contributed by atoms with Crippen LogP contribution in [-0.4, -0.2) is 20.6 Å². The predicted molar refractivity (Wildman–Crippen MR) is 76.9 cm³/mol. The van der Waals surface area contributed by atoms with Gasteiger partial charge in [-0.05, 0) is 24.3 Å². The van der Waals surface area contributed by atoms with Crippen molar-refractivity contribution in [2.45, 2.75) is 4.90 Å². The minimum Gasteiger partial charge on any atom is -0.504 e. The Kier molecular flexibility index (Phi) is 4.06. The van der Waals surface area contributed by atoms with Crippen LogP contribution >= 0.6 is 11.6 Å². The second-order valence-electron chi connectivity index (χ2n) is 3.92. The summed E-state index contributed by atoms with van der Waals surface area (Å²) < 4.78 is 31.6. The van der Waals surface area contributed by atoms with Crippen LogP contribution in [0.5, 0.6) is 11.5 Å². The minimum absolute atomic E-state index is 0.0306. The first kappa shape index (κ1) is 14.5. The molecule has 0 fully saturated rings. The zero-order valence-corrected chi connectivity index (χ0v) is 12.1. The molecule has 0 aliphatic rings. The van der Waals surface area contributed by atoms with E-state index in [2.05, 4.69) is 4.72 Å². The Morgan fingerprint density at radius 1 is 1.20 bits per heavy atom. The predicted octanol–water partition coefficient (Wildman–Crippen LogP) is 2.86. The molecule has 0 radical (unpaired) electrons. The standard InChI is InChI=1S/C13H12ClNO4S/c1-19-12-7-6-9(8-11(12)16)15-20(17,18)13-5-3-2-4-10(13)14/h2-8,15-16H,1H3. The van der Waals surface area contributed by atoms with Crippen molar-refractivity contribution < 1.29 is 18.3 Å². The topological polar surface area (TPSA) is 75.6 Å². The molecule has 0 heterocycles. The van der Waals surface area contributed by atoms with Crippen LogP contribution in [0.2, 0.25) is 5.02 Å². The number of hydrogen-bond acceptors (Lipinski definition) is 4. The highest BCUT2D eigenvalue weighted by molar-refractivity contribution is 7.92. The van der Waals surface area contributed by atoms with Gasteiger partial charge in [-0.15, -0.1) is 0 Å². The fraction of sp³-hybridized carbons (Fsp3) is 0.0769. The lowest BCUT2D eigenvalue weighted by molar-refractivity contribution is 0.373. The summed E-state index contributed by atoms with van der Waals surface area (Å²) in [5, 5.41) is 9.75. The summed E-state index contributed by atoms with van der Waals surface area (Å²) in [6, 6.07) is 10.3. The summed E-state index contributed by atoms with van der Waals surface area (Å²) in [6.45, 7) is 0. The number of halogens is 1. The molecule has 5 nitrogen and oxygen atoms in total. The normalized spacial score (nSPS) is 11.1. The number of ether oxygens (including phenoxy) is 1. The van der Waals surface area contributed by atoms with Crippen LogP contribution in [0.3, 0.4) is 0 Å². The summed E-state index contributed by atoms with van der Waals surface area (Å²) >= 11 is 5.87. The molecule has 0 unspecified atom stereocenters. The van der Waals surface area contributed by atoms with Gasteiger partial charge in [0.15, 0.2) is 11.5 Å². The molecule has 2 aromatic rings. The average molecular weight is 314 g/mol. The number of phenolic OH excluding ortho intramolecular Hbond substituents is 1. The number of anilines is 1. The Labute approximate surface area is 121 Å². The zero-order chi connectivity index (χ0) is 14.8. The Hall–Kier alpha value is -1.92. The lowest BCUT2D eigenvalue weighted by Crippen LogP contribution is -2.13. The monoisotopic (exact) mass is 313 g/mol. The highest BCUT2D eigenvalue weighted by Crippen LogP contribution is 2.30. The van der Waals surface area contributed by atoms with Gasteiger partial charge < -0.3 is 9.84 Å². The number of rotatable bonds is 4. The molecular weight excluding hydrogens is 302 g/mol. The van der Waals surface area contributed by atoms with Crippen molar-refractivity contribution in [2.24, 2.45) is 0 Å². The summed E-state index contributed by atoms with van der Waals surface area (Å²) in [7, 11) is -2.41. The van der Waals surface area contributed by atoms with Crippen molar-refractivity contribution in [3.8, 4) is 11.5 Å². The fourth-order valence-corrected chi connectivity index (χ4v) is 3.20. The number of nitrogens with one attached hydrogen (secondary N) is 1. The average Bonchev–Trinajstić information content (AvgIpc) is 2.38. The van der Waals surface area contributed by atoms with Gasteiger partial charge in [-0.3, -0.25) is 4.72 Å². The van der Waals surface area contributed by atoms with E-state index in [1.165, 1.54) is 37.4 Å². The van der Waals surface area contributed by atoms with Gasteiger partial charge in [-0.2, -0.15) is 0 Å². The number of benzene rings is 2. The smallest absolute Gasteiger partial charge is 0.263 e. The van der Waals surface area contributed by atoms with E-state index in [-0.39, 0.29) is 27.1 Å². The molecule has 0 atom stereocenters. The van der Waals surface area contributed by atoms with Crippen LogP contribution in [-0.2, 0) is 10.0 Å². The largest absolute Gasteiger partial charge is 0.504 e. The maximum atomic E-state index is 12.2. The van der Waals surface area contributed by atoms with E-state index in [1.807, 2.05) is 0 Å². The Morgan fingerprint density at radius 2 is 1.90 bits per heavy atom. The molecule has 106 valence electrons. The van der Waals surface area contributed by atoms with Crippen molar-refractivity contribution >= 4 is 27.3 Å². The second-order valence-corrected chi connectivity index (χ2v) is 5.98. The van der Waals surface area contributed by atoms with E-state index in [0.717, 1.165) is 0 Å². The Bertz CT molecular complexity index is 731. The molecule has 0 aliphatic heterocycles. The van der Waals surface area contributed by atoms with E-state index in [0.29, 0.717) is 0 Å². The minimum atomic E-state index is -3.81. The molecule has 2 N–H and O–H groups in total. The molecule has 0 saturated heterocycles. The molecule has 20 heavy (non-hydrogen) atoms. The highest BCUT2D eigenvalue weighted by atomic mass is 35.5. The van der Waals surface area contributed by atoms with Crippen molar-refractivity contribution in [2.75, 3.05) is 11.8 Å². The van der Waals surface area contributed by atoms with Crippen LogP contribution in [0.25, 0.3) is 0 Å². The molecule has 0 spiro atoms. The van der Waals surface area contributed by atoms with Crippen LogP contribution in [0.15, 0.2) is 47.4 Å². The van der Waals surface area contributed by atoms with E-state index in [1.54, 1.807) is 12.1 Å². The maximum Gasteiger partial charge on any atom is 0.263 e. The number of hydrogen-bond donors (Lipinski definition) is 2. The number of methoxy groups -OCH3 is 1. The molecule has 0 saturated carbocycles. The van der Waals surface area contributed by atoms with Crippen molar-refractivity contribution in [3.05, 3.63) is 47.5 Å². The zero-order valence-electron chi connectivity index (χ0n) is 10.5. The molecule has 0 aliphatic carbocycles. The van der Waals surface area contributed by atoms with Crippen molar-refractivity contribution in [3.63, 3.8) is 0 Å². The summed E-state index contributed by atoms with van der Waals surface area (Å²) in [6.07, 6.45) is 0. The van der Waals surface area contributed by atoms with Crippen molar-refractivity contribution in [1.29, 1.82) is 0 Å². The Balaban J connectivity index is 2.34. The number of phenols is 1. The van der Waals surface area contributed by atoms with Gasteiger partial charge in [0.1, 0.15) is 4.90 Å². The van der Waals surface area contributed by atoms with Gasteiger partial charge in [-0.25, -0.2) is 8.42 Å². The van der Waals surface area contributed by atoms with Gasteiger partial charge in [0.2, 0.25) is 0 Å². The first-order valence-corrected chi connectivity index (χ1v) is 7.44. The highest BCUT2D eigenvalue weighted by Gasteiger charge is 2.18. The third kappa shape index (κ3) is 2.97. The molecule has 0 bridgehead atoms. The molecule has 0 aromatic heterocycles. The van der Waals surface area contributed by atoms with Gasteiger partial charge in [0.05, 0.1) is 17.8 Å². The van der Waals surface area contributed by atoms with Gasteiger partial charge in [0.25, 0.3) is 10.0 Å². The van der Waals surface area contributed by atoms with Crippen LogP contribution in [0.4, 0.5) is 5.69 Å². The van der Waals surface area contributed by atoms with Crippen LogP contribution in [0.1, 0.15) is 0 Å². The third-order valence-corrected chi connectivity index (χ3v) is 4.44. The SMILES string of the molecule is COc1ccc(NS(=O)(=O)c2ccccc2Cl)cc1O. The van der Waals surface area contributed by atoms with Crippen LogP contribution in [0, 0.1) is 0 Å². The lowest BCUT2D eigenvalue weighted by atomic mass is 10.3. The van der Waals surface area contributed by atoms with E-state index in [4.69, 9.17) is 16.3 Å². The van der Waals surface area contributed by atoms with Crippen LogP contribution < -0.4 is 9.46 Å². The summed E-state index contributed by atoms with van der Waals surface area (Å²) in [5.74, 6) is 0.0950. The number of aromatic hydroxyl groups is 1. The van der Waals surface area contributed by atoms with Gasteiger partial charge >= 0.3 is 0 Å². The molecular formula is C13H12ClNO4S. The first-order valence-electron chi connectivity index (χ1n) is 5.58. The van der Waals surface area contributed by atoms with E-state index >= 15 is 0 Å². The molecule has 2 rings (SSSR count). The quantitative estimate of drug-likeness (QED) is 0.910. The summed E-state index contributed by atoms with van der Waals surface area (Å²) in [4.78, 5) is -0.0306. The van der Waals surface area contributed by atoms with Gasteiger partial charge in [0, 0.05) is 6.07 Å². The lowest BCUT2D eigenvalue weighted by Gasteiger charge is -2.10. The summed E-state index contributed by atoms with van der Waals surface area (Å²) in [5.41, 5.74) is 0.211. The molecule has 7 heteroatoms. The molecule has 0 amide bonds. The van der Waals surface area contributed by atoms with E-state index in [9.17, 15) is 13.5 Å². The maximum absolute atomic E-state index is 12.2. The number of sulfonamides is 1. The second kappa shape index (κ2) is 5.60.